The van der Waals surface area contributed by atoms with Crippen molar-refractivity contribution in [2.24, 2.45) is 4.99 Å². The van der Waals surface area contributed by atoms with Crippen LogP contribution in [0, 0.1) is 0 Å². The van der Waals surface area contributed by atoms with Crippen LogP contribution in [-0.2, 0) is 9.84 Å². The molecule has 1 aliphatic heterocycles. The van der Waals surface area contributed by atoms with E-state index in [2.05, 4.69) is 20.9 Å². The summed E-state index contributed by atoms with van der Waals surface area (Å²) in [5.74, 6) is 0. The molecule has 78 valence electrons. The van der Waals surface area contributed by atoms with Gasteiger partial charge in [0.15, 0.2) is 0 Å². The van der Waals surface area contributed by atoms with Crippen molar-refractivity contribution < 1.29 is 8.42 Å². The van der Waals surface area contributed by atoms with Crippen LogP contribution in [-0.4, -0.2) is 12.4 Å². The van der Waals surface area contributed by atoms with Crippen LogP contribution in [0.2, 0.25) is 5.02 Å². The molecule has 0 fully saturated rings. The topological polar surface area (TPSA) is 46.5 Å². The van der Waals surface area contributed by atoms with Gasteiger partial charge in [0, 0.05) is 11.2 Å². The van der Waals surface area contributed by atoms with Gasteiger partial charge in [0.1, 0.15) is 0 Å². The molecule has 2 rings (SSSR count). The van der Waals surface area contributed by atoms with Crippen LogP contribution < -0.4 is 0 Å². The summed E-state index contributed by atoms with van der Waals surface area (Å²) in [6.07, 6.45) is 1.31. The van der Waals surface area contributed by atoms with E-state index in [1.54, 1.807) is 24.3 Å². The fourth-order valence-corrected chi connectivity index (χ4v) is 3.03. The molecule has 15 heavy (non-hydrogen) atoms. The molecule has 3 nitrogen and oxygen atoms in total. The Kier molecular flexibility index (Phi) is 2.70. The largest absolute Gasteiger partial charge is 0.236 e. The lowest BCUT2D eigenvalue weighted by molar-refractivity contribution is 0.617. The fraction of sp³-hybridized carbons (Fsp3) is 0. The normalized spacial score (nSPS) is 18.5. The number of sulfone groups is 1. The highest BCUT2D eigenvalue weighted by Crippen LogP contribution is 2.30. The van der Waals surface area contributed by atoms with Gasteiger partial charge in [0.2, 0.25) is 13.8 Å². The molecular formula is C9H5BrClNO2S. The minimum atomic E-state index is -3.47. The van der Waals surface area contributed by atoms with Gasteiger partial charge in [0.05, 0.1) is 4.91 Å². The number of nitrogens with zero attached hydrogens (tertiary/aromatic N) is 1. The smallest absolute Gasteiger partial charge is 0.232 e. The summed E-state index contributed by atoms with van der Waals surface area (Å²) in [4.78, 5) is 3.88. The summed E-state index contributed by atoms with van der Waals surface area (Å²) in [7, 11) is -3.47. The number of benzene rings is 1. The van der Waals surface area contributed by atoms with Gasteiger partial charge in [-0.25, -0.2) is 13.4 Å². The van der Waals surface area contributed by atoms with E-state index in [1.807, 2.05) is 0 Å². The van der Waals surface area contributed by atoms with Crippen LogP contribution in [0.4, 0.5) is 0 Å². The molecular weight excluding hydrogens is 302 g/mol. The van der Waals surface area contributed by atoms with Crippen molar-refractivity contribution in [2.75, 3.05) is 0 Å². The monoisotopic (exact) mass is 305 g/mol. The minimum absolute atomic E-state index is 0.0648. The molecule has 6 heteroatoms. The van der Waals surface area contributed by atoms with Crippen LogP contribution in [0.5, 0.6) is 0 Å². The Morgan fingerprint density at radius 1 is 1.33 bits per heavy atom. The molecule has 1 aliphatic rings. The van der Waals surface area contributed by atoms with Crippen LogP contribution in [0.3, 0.4) is 0 Å². The molecule has 0 saturated carbocycles. The van der Waals surface area contributed by atoms with Crippen LogP contribution >= 0.6 is 27.5 Å². The molecule has 1 aromatic rings. The van der Waals surface area contributed by atoms with Gasteiger partial charge < -0.3 is 0 Å². The highest BCUT2D eigenvalue weighted by Gasteiger charge is 2.28. The summed E-state index contributed by atoms with van der Waals surface area (Å²) >= 11 is 8.67. The van der Waals surface area contributed by atoms with E-state index in [4.69, 9.17) is 11.6 Å². The lowest BCUT2D eigenvalue weighted by atomic mass is 10.2. The average molecular weight is 307 g/mol. The zero-order chi connectivity index (χ0) is 11.1. The summed E-state index contributed by atoms with van der Waals surface area (Å²) in [6.45, 7) is 0. The van der Waals surface area contributed by atoms with E-state index in [0.29, 0.717) is 10.6 Å². The molecule has 1 heterocycles. The van der Waals surface area contributed by atoms with Crippen molar-refractivity contribution in [2.45, 2.75) is 0 Å². The number of halogens is 2. The Labute approximate surface area is 101 Å². The molecule has 0 N–H and O–H groups in total. The standard InChI is InChI=1S/C9H5BrClNO2S/c10-9-12-5-8(15(9,13)14)6-2-1-3-7(11)4-6/h1-5H. The van der Waals surface area contributed by atoms with E-state index >= 15 is 0 Å². The van der Waals surface area contributed by atoms with Crippen molar-refractivity contribution in [3.63, 3.8) is 0 Å². The van der Waals surface area contributed by atoms with Gasteiger partial charge in [-0.3, -0.25) is 0 Å². The predicted molar refractivity (Wildman–Crippen MR) is 64.7 cm³/mol. The van der Waals surface area contributed by atoms with E-state index in [1.165, 1.54) is 6.20 Å². The molecule has 0 unspecified atom stereocenters. The van der Waals surface area contributed by atoms with Gasteiger partial charge in [-0.1, -0.05) is 23.7 Å². The quantitative estimate of drug-likeness (QED) is 0.801. The zero-order valence-corrected chi connectivity index (χ0v) is 10.5. The van der Waals surface area contributed by atoms with E-state index in [0.717, 1.165) is 0 Å². The van der Waals surface area contributed by atoms with E-state index in [-0.39, 0.29) is 8.86 Å². The minimum Gasteiger partial charge on any atom is -0.236 e. The molecule has 0 aliphatic carbocycles. The van der Waals surface area contributed by atoms with Crippen molar-refractivity contribution in [1.82, 2.24) is 0 Å². The summed E-state index contributed by atoms with van der Waals surface area (Å²) in [5.41, 5.74) is 0.542. The predicted octanol–water partition coefficient (Wildman–Crippen LogP) is 2.82. The summed E-state index contributed by atoms with van der Waals surface area (Å²) in [5, 5.41) is 0.492. The molecule has 0 saturated heterocycles. The first-order valence-corrected chi connectivity index (χ1v) is 6.62. The Bertz CT molecular complexity index is 578. The van der Waals surface area contributed by atoms with Crippen molar-refractivity contribution in [3.05, 3.63) is 41.1 Å². The summed E-state index contributed by atoms with van der Waals surface area (Å²) in [6, 6.07) is 6.64. The average Bonchev–Trinajstić information content (AvgIpc) is 2.42. The molecule has 1 aromatic carbocycles. The second kappa shape index (κ2) is 3.73. The SMILES string of the molecule is O=S1(=O)C(c2cccc(Cl)c2)=CN=C1Br. The maximum atomic E-state index is 11.7. The van der Waals surface area contributed by atoms with Gasteiger partial charge in [-0.2, -0.15) is 0 Å². The number of hydrogen-bond donors (Lipinski definition) is 0. The van der Waals surface area contributed by atoms with Gasteiger partial charge >= 0.3 is 0 Å². The van der Waals surface area contributed by atoms with Gasteiger partial charge in [-0.05, 0) is 33.6 Å². The highest BCUT2D eigenvalue weighted by molar-refractivity contribution is 9.22. The highest BCUT2D eigenvalue weighted by atomic mass is 79.9. The number of hydrogen-bond acceptors (Lipinski definition) is 3. The third kappa shape index (κ3) is 1.87. The Morgan fingerprint density at radius 3 is 2.60 bits per heavy atom. The fourth-order valence-electron chi connectivity index (χ4n) is 1.21. The Hall–Kier alpha value is -0.650. The molecule has 0 spiro atoms. The second-order valence-electron chi connectivity index (χ2n) is 2.89. The third-order valence-corrected chi connectivity index (χ3v) is 5.09. The first kappa shape index (κ1) is 10.9. The maximum Gasteiger partial charge on any atom is 0.232 e. The van der Waals surface area contributed by atoms with Crippen molar-refractivity contribution >= 4 is 46.2 Å². The van der Waals surface area contributed by atoms with Crippen molar-refractivity contribution in [3.8, 4) is 0 Å². The molecule has 0 aromatic heterocycles. The van der Waals surface area contributed by atoms with Crippen LogP contribution in [0.25, 0.3) is 4.91 Å². The molecule has 0 atom stereocenters. The Balaban J connectivity index is 2.54. The number of rotatable bonds is 1. The molecule has 0 bridgehead atoms. The third-order valence-electron chi connectivity index (χ3n) is 1.90. The van der Waals surface area contributed by atoms with Gasteiger partial charge in [-0.15, -0.1) is 0 Å². The number of aliphatic imine (C=N–C) groups is 1. The lowest BCUT2D eigenvalue weighted by Crippen LogP contribution is -2.05. The van der Waals surface area contributed by atoms with E-state index in [9.17, 15) is 8.42 Å². The first-order valence-electron chi connectivity index (χ1n) is 3.96. The summed E-state index contributed by atoms with van der Waals surface area (Å²) < 4.78 is 23.4. The molecule has 0 radical (unpaired) electrons. The lowest BCUT2D eigenvalue weighted by Gasteiger charge is -2.02. The van der Waals surface area contributed by atoms with Crippen LogP contribution in [0.1, 0.15) is 5.56 Å². The van der Waals surface area contributed by atoms with E-state index < -0.39 is 9.84 Å². The first-order chi connectivity index (χ1) is 7.01. The van der Waals surface area contributed by atoms with Gasteiger partial charge in [0.25, 0.3) is 0 Å². The Morgan fingerprint density at radius 2 is 2.07 bits per heavy atom. The molecule has 0 amide bonds. The second-order valence-corrected chi connectivity index (χ2v) is 6.44. The zero-order valence-electron chi connectivity index (χ0n) is 7.31. The van der Waals surface area contributed by atoms with Crippen LogP contribution in [0.15, 0.2) is 35.5 Å². The van der Waals surface area contributed by atoms with Crippen molar-refractivity contribution in [1.29, 1.82) is 0 Å². The maximum absolute atomic E-state index is 11.7.